The molecular weight excluding hydrogens is 353 g/mol. The molecular formula is C15H20NO6PS. The fraction of sp³-hybridized carbons (Fsp3) is 0.400. The monoisotopic (exact) mass is 373 g/mol. The molecule has 0 aliphatic carbocycles. The van der Waals surface area contributed by atoms with Crippen LogP contribution in [-0.2, 0) is 28.4 Å². The predicted octanol–water partition coefficient (Wildman–Crippen LogP) is 2.76. The van der Waals surface area contributed by atoms with Crippen LogP contribution >= 0.6 is 7.60 Å². The maximum Gasteiger partial charge on any atom is 0.354 e. The van der Waals surface area contributed by atoms with Gasteiger partial charge in [-0.2, -0.15) is 0 Å². The van der Waals surface area contributed by atoms with Crippen molar-refractivity contribution in [2.24, 2.45) is 0 Å². The summed E-state index contributed by atoms with van der Waals surface area (Å²) >= 11 is 0. The summed E-state index contributed by atoms with van der Waals surface area (Å²) in [6.45, 7) is 3.40. The lowest BCUT2D eigenvalue weighted by molar-refractivity contribution is -0.115. The molecule has 0 N–H and O–H groups in total. The number of hydrogen-bond acceptors (Lipinski definition) is 6. The van der Waals surface area contributed by atoms with Gasteiger partial charge in [0, 0.05) is 12.6 Å². The second-order valence-electron chi connectivity index (χ2n) is 4.99. The molecule has 0 bridgehead atoms. The average Bonchev–Trinajstić information content (AvgIpc) is 2.56. The van der Waals surface area contributed by atoms with E-state index in [0.29, 0.717) is 0 Å². The number of rotatable bonds is 7. The van der Waals surface area contributed by atoms with E-state index >= 15 is 0 Å². The van der Waals surface area contributed by atoms with Crippen molar-refractivity contribution in [3.8, 4) is 0 Å². The van der Waals surface area contributed by atoms with Crippen molar-refractivity contribution in [3.05, 3.63) is 42.6 Å². The summed E-state index contributed by atoms with van der Waals surface area (Å²) in [5.41, 5.74) is 0. The van der Waals surface area contributed by atoms with Crippen LogP contribution in [0.15, 0.2) is 47.5 Å². The van der Waals surface area contributed by atoms with E-state index in [1.807, 2.05) is 0 Å². The largest absolute Gasteiger partial charge is 0.354 e. The summed E-state index contributed by atoms with van der Waals surface area (Å²) < 4.78 is 50.3. The van der Waals surface area contributed by atoms with Crippen LogP contribution in [0.25, 0.3) is 0 Å². The van der Waals surface area contributed by atoms with Crippen LogP contribution in [0.2, 0.25) is 0 Å². The van der Waals surface area contributed by atoms with Gasteiger partial charge in [-0.3, -0.25) is 13.7 Å². The molecule has 0 radical (unpaired) electrons. The van der Waals surface area contributed by atoms with Crippen LogP contribution in [0, 0.1) is 0 Å². The molecule has 24 heavy (non-hydrogen) atoms. The number of sulfonamides is 1. The van der Waals surface area contributed by atoms with E-state index in [1.54, 1.807) is 32.0 Å². The van der Waals surface area contributed by atoms with Gasteiger partial charge in [0.1, 0.15) is 0 Å². The number of carbonyl (C=O) groups excluding carboxylic acids is 1. The quantitative estimate of drug-likeness (QED) is 0.683. The highest BCUT2D eigenvalue weighted by molar-refractivity contribution is 7.89. The lowest BCUT2D eigenvalue weighted by Crippen LogP contribution is -2.40. The van der Waals surface area contributed by atoms with Gasteiger partial charge in [0.2, 0.25) is 0 Å². The van der Waals surface area contributed by atoms with E-state index in [0.717, 1.165) is 16.6 Å². The van der Waals surface area contributed by atoms with E-state index < -0.39 is 23.4 Å². The highest BCUT2D eigenvalue weighted by Gasteiger charge is 2.46. The van der Waals surface area contributed by atoms with Gasteiger partial charge >= 0.3 is 7.60 Å². The van der Waals surface area contributed by atoms with Crippen LogP contribution in [0.1, 0.15) is 20.3 Å². The van der Waals surface area contributed by atoms with Crippen LogP contribution in [0.5, 0.6) is 0 Å². The number of allylic oxidation sites excluding steroid dienone is 1. The SMILES string of the molecule is CCOP(=O)(OCC)C1CC(=O)C=CN1S(=O)(=O)c1ccccc1. The number of nitrogens with zero attached hydrogens (tertiary/aromatic N) is 1. The van der Waals surface area contributed by atoms with Crippen LogP contribution in [-0.4, -0.2) is 37.5 Å². The maximum atomic E-state index is 13.1. The highest BCUT2D eigenvalue weighted by atomic mass is 32.2. The second-order valence-corrected chi connectivity index (χ2v) is 9.03. The minimum atomic E-state index is -3.99. The van der Waals surface area contributed by atoms with Crippen molar-refractivity contribution in [1.82, 2.24) is 4.31 Å². The topological polar surface area (TPSA) is 90.0 Å². The molecule has 2 rings (SSSR count). The third-order valence-corrected chi connectivity index (χ3v) is 7.74. The van der Waals surface area contributed by atoms with Gasteiger partial charge in [0.15, 0.2) is 11.6 Å². The van der Waals surface area contributed by atoms with Gasteiger partial charge < -0.3 is 9.05 Å². The third-order valence-electron chi connectivity index (χ3n) is 3.39. The Labute approximate surface area is 141 Å². The molecule has 1 heterocycles. The zero-order valence-electron chi connectivity index (χ0n) is 13.5. The molecule has 0 saturated carbocycles. The Balaban J connectivity index is 2.51. The minimum Gasteiger partial charge on any atom is -0.307 e. The molecule has 1 unspecified atom stereocenters. The Morgan fingerprint density at radius 3 is 2.29 bits per heavy atom. The molecule has 1 aliphatic heterocycles. The van der Waals surface area contributed by atoms with Gasteiger partial charge in [0.25, 0.3) is 10.0 Å². The number of benzene rings is 1. The van der Waals surface area contributed by atoms with Gasteiger partial charge in [-0.15, -0.1) is 0 Å². The zero-order chi connectivity index (χ0) is 17.8. The fourth-order valence-electron chi connectivity index (χ4n) is 2.37. The summed E-state index contributed by atoms with van der Waals surface area (Å²) in [5, 5.41) is 0. The second kappa shape index (κ2) is 7.61. The Morgan fingerprint density at radius 1 is 1.17 bits per heavy atom. The first-order valence-corrected chi connectivity index (χ1v) is 10.6. The van der Waals surface area contributed by atoms with Gasteiger partial charge in [-0.25, -0.2) is 8.42 Å². The van der Waals surface area contributed by atoms with Gasteiger partial charge in [-0.05, 0) is 32.1 Å². The van der Waals surface area contributed by atoms with Crippen molar-refractivity contribution in [1.29, 1.82) is 0 Å². The molecule has 9 heteroatoms. The highest BCUT2D eigenvalue weighted by Crippen LogP contribution is 2.57. The Morgan fingerprint density at radius 2 is 1.75 bits per heavy atom. The first kappa shape index (κ1) is 18.9. The first-order valence-electron chi connectivity index (χ1n) is 7.53. The third kappa shape index (κ3) is 3.78. The van der Waals surface area contributed by atoms with Crippen LogP contribution in [0.4, 0.5) is 0 Å². The smallest absolute Gasteiger partial charge is 0.307 e. The van der Waals surface area contributed by atoms with Gasteiger partial charge in [-0.1, -0.05) is 18.2 Å². The molecule has 1 aromatic rings. The molecule has 0 fully saturated rings. The van der Waals surface area contributed by atoms with Crippen molar-refractivity contribution >= 4 is 23.4 Å². The molecule has 132 valence electrons. The first-order chi connectivity index (χ1) is 11.3. The zero-order valence-corrected chi connectivity index (χ0v) is 15.2. The van der Waals surface area contributed by atoms with Crippen molar-refractivity contribution < 1.29 is 26.8 Å². The lowest BCUT2D eigenvalue weighted by Gasteiger charge is -2.35. The number of ketones is 1. The van der Waals surface area contributed by atoms with Gasteiger partial charge in [0.05, 0.1) is 18.1 Å². The molecule has 0 amide bonds. The Hall–Kier alpha value is -1.47. The summed E-state index contributed by atoms with van der Waals surface area (Å²) in [6.07, 6.45) is 2.02. The summed E-state index contributed by atoms with van der Waals surface area (Å²) in [7, 11) is -7.82. The number of hydrogen-bond donors (Lipinski definition) is 0. The fourth-order valence-corrected chi connectivity index (χ4v) is 6.35. The Bertz CT molecular complexity index is 751. The molecule has 7 nitrogen and oxygen atoms in total. The van der Waals surface area contributed by atoms with Crippen molar-refractivity contribution in [2.75, 3.05) is 13.2 Å². The van der Waals surface area contributed by atoms with E-state index in [4.69, 9.17) is 9.05 Å². The van der Waals surface area contributed by atoms with E-state index in [-0.39, 0.29) is 30.3 Å². The molecule has 0 saturated heterocycles. The lowest BCUT2D eigenvalue weighted by atomic mass is 10.2. The predicted molar refractivity (Wildman–Crippen MR) is 88.9 cm³/mol. The van der Waals surface area contributed by atoms with E-state index in [1.165, 1.54) is 12.1 Å². The standard InChI is InChI=1S/C15H20NO6PS/c1-3-21-23(18,22-4-2)15-12-13(17)10-11-16(15)24(19,20)14-8-6-5-7-9-14/h5-11,15H,3-4,12H2,1-2H3. The van der Waals surface area contributed by atoms with Crippen molar-refractivity contribution in [2.45, 2.75) is 30.9 Å². The molecule has 1 aliphatic rings. The van der Waals surface area contributed by atoms with E-state index in [2.05, 4.69) is 0 Å². The maximum absolute atomic E-state index is 13.1. The van der Waals surface area contributed by atoms with E-state index in [9.17, 15) is 17.8 Å². The summed E-state index contributed by atoms with van der Waals surface area (Å²) in [6, 6.07) is 7.74. The van der Waals surface area contributed by atoms with Crippen LogP contribution < -0.4 is 0 Å². The number of carbonyl (C=O) groups is 1. The summed E-state index contributed by atoms with van der Waals surface area (Å²) in [5.74, 6) is -1.56. The normalized spacial score (nSPS) is 18.8. The molecule has 1 aromatic carbocycles. The molecule has 0 aromatic heterocycles. The minimum absolute atomic E-state index is 0.0357. The Kier molecular flexibility index (Phi) is 5.98. The molecule has 1 atom stereocenters. The van der Waals surface area contributed by atoms with Crippen LogP contribution in [0.3, 0.4) is 0 Å². The average molecular weight is 373 g/mol. The van der Waals surface area contributed by atoms with Crippen molar-refractivity contribution in [3.63, 3.8) is 0 Å². The molecule has 0 spiro atoms. The summed E-state index contributed by atoms with van der Waals surface area (Å²) in [4.78, 5) is 11.8.